The van der Waals surface area contributed by atoms with Crippen LogP contribution in [0.4, 0.5) is 4.39 Å². The number of benzene rings is 4. The fourth-order valence-electron chi connectivity index (χ4n) is 4.46. The maximum Gasteiger partial charge on any atom is 0.343 e. The van der Waals surface area contributed by atoms with Crippen molar-refractivity contribution in [3.8, 4) is 16.9 Å². The van der Waals surface area contributed by atoms with Gasteiger partial charge in [-0.15, -0.1) is 0 Å². The Morgan fingerprint density at radius 3 is 1.76 bits per heavy atom. The highest BCUT2D eigenvalue weighted by molar-refractivity contribution is 6.17. The summed E-state index contributed by atoms with van der Waals surface area (Å²) in [5, 5.41) is 3.43. The molecule has 6 heteroatoms. The molecule has 0 aliphatic carbocycles. The van der Waals surface area contributed by atoms with Crippen molar-refractivity contribution < 1.29 is 23.5 Å². The van der Waals surface area contributed by atoms with Crippen molar-refractivity contribution in [3.63, 3.8) is 0 Å². The largest absolute Gasteiger partial charge is 0.465 e. The Morgan fingerprint density at radius 2 is 1.21 bits per heavy atom. The molecule has 0 bridgehead atoms. The van der Waals surface area contributed by atoms with Gasteiger partial charge in [0.25, 0.3) is 0 Å². The molecule has 5 aromatic rings. The minimum absolute atomic E-state index is 0.183. The van der Waals surface area contributed by atoms with Crippen molar-refractivity contribution >= 4 is 33.5 Å². The third-order valence-corrected chi connectivity index (χ3v) is 5.91. The summed E-state index contributed by atoms with van der Waals surface area (Å²) in [4.78, 5) is 25.9. The molecule has 1 aromatic heterocycles. The van der Waals surface area contributed by atoms with Gasteiger partial charge in [0, 0.05) is 11.3 Å². The van der Waals surface area contributed by atoms with Crippen molar-refractivity contribution in [2.45, 2.75) is 0 Å². The Labute approximate surface area is 195 Å². The number of halogens is 1. The molecule has 34 heavy (non-hydrogen) atoms. The highest BCUT2D eigenvalue weighted by atomic mass is 19.1. The first kappa shape index (κ1) is 21.4. The molecule has 0 unspecified atom stereocenters. The number of nitrogens with zero attached hydrogens (tertiary/aromatic N) is 1. The number of esters is 2. The van der Waals surface area contributed by atoms with Crippen LogP contribution in [0, 0.1) is 5.95 Å². The number of carbonyl (C=O) groups is 2. The van der Waals surface area contributed by atoms with Gasteiger partial charge >= 0.3 is 11.9 Å². The Balaban J connectivity index is 2.07. The topological polar surface area (TPSA) is 57.5 Å². The molecule has 0 N–H and O–H groups in total. The van der Waals surface area contributed by atoms with Crippen LogP contribution in [0.25, 0.3) is 38.5 Å². The van der Waals surface area contributed by atoms with Gasteiger partial charge in [0.15, 0.2) is 0 Å². The van der Waals surface area contributed by atoms with E-state index in [0.29, 0.717) is 11.3 Å². The van der Waals surface area contributed by atoms with E-state index in [9.17, 15) is 9.59 Å². The normalized spacial score (nSPS) is 11.0. The number of rotatable bonds is 4. The minimum atomic E-state index is -0.960. The number of methoxy groups -OCH3 is 2. The van der Waals surface area contributed by atoms with Crippen LogP contribution in [0.5, 0.6) is 0 Å². The molecule has 5 nitrogen and oxygen atoms in total. The molecule has 0 aliphatic heterocycles. The summed E-state index contributed by atoms with van der Waals surface area (Å²) in [6, 6.07) is 26.1. The summed E-state index contributed by atoms with van der Waals surface area (Å²) in [5.41, 5.74) is 0.644. The monoisotopic (exact) mass is 453 g/mol. The summed E-state index contributed by atoms with van der Waals surface area (Å²) in [6.07, 6.45) is 0. The summed E-state index contributed by atoms with van der Waals surface area (Å²) < 4.78 is 27.3. The molecule has 4 aromatic carbocycles. The van der Waals surface area contributed by atoms with Gasteiger partial charge in [-0.3, -0.25) is 4.57 Å². The molecule has 5 rings (SSSR count). The van der Waals surface area contributed by atoms with Crippen LogP contribution in [0.3, 0.4) is 0 Å². The second kappa shape index (κ2) is 8.48. The van der Waals surface area contributed by atoms with Crippen molar-refractivity contribution in [2.24, 2.45) is 0 Å². The van der Waals surface area contributed by atoms with Gasteiger partial charge in [-0.2, -0.15) is 4.39 Å². The molecular formula is C28H20FNO4. The summed E-state index contributed by atoms with van der Waals surface area (Å²) in [6.45, 7) is 0. The Hall–Kier alpha value is -4.45. The van der Waals surface area contributed by atoms with Crippen LogP contribution in [0.15, 0.2) is 84.9 Å². The predicted octanol–water partition coefficient (Wildman–Crippen LogP) is 6.16. The van der Waals surface area contributed by atoms with Crippen molar-refractivity contribution in [1.29, 1.82) is 0 Å². The zero-order valence-corrected chi connectivity index (χ0v) is 18.5. The molecule has 0 spiro atoms. The third kappa shape index (κ3) is 3.23. The van der Waals surface area contributed by atoms with E-state index in [0.717, 1.165) is 28.7 Å². The SMILES string of the molecule is COC(=O)c1c(C(=O)OC)c(-c2c3ccccc3cc3ccccc23)n(-c2ccccc2)c1F. The first-order chi connectivity index (χ1) is 16.6. The van der Waals surface area contributed by atoms with E-state index in [2.05, 4.69) is 0 Å². The lowest BCUT2D eigenvalue weighted by Crippen LogP contribution is -2.11. The zero-order chi connectivity index (χ0) is 23.8. The Morgan fingerprint density at radius 1 is 0.706 bits per heavy atom. The number of fused-ring (bicyclic) bond motifs is 2. The van der Waals surface area contributed by atoms with Crippen LogP contribution >= 0.6 is 0 Å². The molecule has 0 aliphatic rings. The van der Waals surface area contributed by atoms with Crippen LogP contribution < -0.4 is 0 Å². The number of para-hydroxylation sites is 1. The van der Waals surface area contributed by atoms with Crippen LogP contribution in [0.2, 0.25) is 0 Å². The molecule has 1 heterocycles. The number of hydrogen-bond acceptors (Lipinski definition) is 4. The van der Waals surface area contributed by atoms with Gasteiger partial charge in [-0.05, 0) is 39.7 Å². The molecule has 0 saturated carbocycles. The van der Waals surface area contributed by atoms with Gasteiger partial charge in [-0.1, -0.05) is 66.7 Å². The van der Waals surface area contributed by atoms with Crippen molar-refractivity contribution in [3.05, 3.63) is 102 Å². The lowest BCUT2D eigenvalue weighted by Gasteiger charge is -2.16. The second-order valence-electron chi connectivity index (χ2n) is 7.74. The van der Waals surface area contributed by atoms with Gasteiger partial charge in [0.2, 0.25) is 5.95 Å². The van der Waals surface area contributed by atoms with Crippen molar-refractivity contribution in [1.82, 2.24) is 4.57 Å². The van der Waals surface area contributed by atoms with E-state index in [-0.39, 0.29) is 11.3 Å². The number of ether oxygens (including phenoxy) is 2. The summed E-state index contributed by atoms with van der Waals surface area (Å²) in [5.74, 6) is -2.69. The highest BCUT2D eigenvalue weighted by Crippen LogP contribution is 2.42. The molecule has 0 saturated heterocycles. The lowest BCUT2D eigenvalue weighted by molar-refractivity contribution is 0.0553. The van der Waals surface area contributed by atoms with Gasteiger partial charge in [0.05, 0.1) is 19.9 Å². The Kier molecular flexibility index (Phi) is 5.34. The summed E-state index contributed by atoms with van der Waals surface area (Å²) in [7, 11) is 2.35. The van der Waals surface area contributed by atoms with E-state index in [4.69, 9.17) is 9.47 Å². The molecule has 0 atom stereocenters. The third-order valence-electron chi connectivity index (χ3n) is 5.91. The fraction of sp³-hybridized carbons (Fsp3) is 0.0714. The Bertz CT molecular complexity index is 1520. The van der Waals surface area contributed by atoms with Crippen LogP contribution in [-0.2, 0) is 9.47 Å². The second-order valence-corrected chi connectivity index (χ2v) is 7.74. The average molecular weight is 453 g/mol. The molecule has 0 radical (unpaired) electrons. The number of aromatic nitrogens is 1. The van der Waals surface area contributed by atoms with E-state index in [1.54, 1.807) is 30.3 Å². The van der Waals surface area contributed by atoms with Gasteiger partial charge in [0.1, 0.15) is 11.1 Å². The first-order valence-corrected chi connectivity index (χ1v) is 10.6. The van der Waals surface area contributed by atoms with E-state index >= 15 is 4.39 Å². The van der Waals surface area contributed by atoms with E-state index in [1.165, 1.54) is 11.7 Å². The molecule has 0 amide bonds. The molecular weight excluding hydrogens is 433 g/mol. The maximum atomic E-state index is 16.1. The highest BCUT2D eigenvalue weighted by Gasteiger charge is 2.35. The minimum Gasteiger partial charge on any atom is -0.465 e. The number of carbonyl (C=O) groups excluding carboxylic acids is 2. The predicted molar refractivity (Wildman–Crippen MR) is 129 cm³/mol. The van der Waals surface area contributed by atoms with Crippen LogP contribution in [-0.4, -0.2) is 30.7 Å². The van der Waals surface area contributed by atoms with Crippen molar-refractivity contribution in [2.75, 3.05) is 14.2 Å². The quantitative estimate of drug-likeness (QED) is 0.241. The van der Waals surface area contributed by atoms with E-state index in [1.807, 2.05) is 54.6 Å². The summed E-state index contributed by atoms with van der Waals surface area (Å²) >= 11 is 0. The molecule has 0 fully saturated rings. The average Bonchev–Trinajstić information content (AvgIpc) is 3.19. The maximum absolute atomic E-state index is 16.1. The fourth-order valence-corrected chi connectivity index (χ4v) is 4.46. The first-order valence-electron chi connectivity index (χ1n) is 10.6. The smallest absolute Gasteiger partial charge is 0.343 e. The standard InChI is InChI=1S/C28H20FNO4/c1-33-27(31)23-24(28(32)34-2)26(29)30(19-12-4-3-5-13-19)25(23)22-20-14-8-6-10-17(20)16-18-11-7-9-15-21(18)22/h3-16H,1-2H3. The van der Waals surface area contributed by atoms with Gasteiger partial charge < -0.3 is 9.47 Å². The number of hydrogen-bond donors (Lipinski definition) is 0. The van der Waals surface area contributed by atoms with Gasteiger partial charge in [-0.25, -0.2) is 9.59 Å². The zero-order valence-electron chi connectivity index (χ0n) is 18.5. The molecule has 168 valence electrons. The van der Waals surface area contributed by atoms with Crippen LogP contribution in [0.1, 0.15) is 20.7 Å². The van der Waals surface area contributed by atoms with E-state index < -0.39 is 23.4 Å². The lowest BCUT2D eigenvalue weighted by atomic mass is 9.92.